The van der Waals surface area contributed by atoms with Crippen molar-refractivity contribution in [1.82, 2.24) is 0 Å². The molecule has 0 aromatic heterocycles. The van der Waals surface area contributed by atoms with Gasteiger partial charge in [0.05, 0.1) is 11.9 Å². The summed E-state index contributed by atoms with van der Waals surface area (Å²) in [6.07, 6.45) is 4.39. The Hall–Kier alpha value is -1.81. The summed E-state index contributed by atoms with van der Waals surface area (Å²) in [5.41, 5.74) is 7.98. The first kappa shape index (κ1) is 7.82. The second-order valence-electron chi connectivity index (χ2n) is 2.84. The first-order valence-corrected chi connectivity index (χ1v) is 4.22. The normalized spacial score (nSPS) is 13.1. The molecule has 0 saturated carbocycles. The first-order chi connectivity index (χ1) is 6.45. The fourth-order valence-corrected chi connectivity index (χ4v) is 1.22. The number of rotatable bonds is 2. The Kier molecular flexibility index (Phi) is 2.24. The van der Waals surface area contributed by atoms with Crippen LogP contribution in [0.4, 0.5) is 0 Å². The lowest BCUT2D eigenvalue weighted by Gasteiger charge is -1.99. The van der Waals surface area contributed by atoms with Crippen LogP contribution in [0.25, 0.3) is 0 Å². The molecule has 2 rings (SSSR count). The minimum Gasteiger partial charge on any atom is -0.251 e. The van der Waals surface area contributed by atoms with Crippen molar-refractivity contribution in [3.05, 3.63) is 59.6 Å². The van der Waals surface area contributed by atoms with Crippen molar-refractivity contribution in [2.45, 2.75) is 6.42 Å². The van der Waals surface area contributed by atoms with Gasteiger partial charge in [0.25, 0.3) is 0 Å². The van der Waals surface area contributed by atoms with Crippen LogP contribution >= 0.6 is 0 Å². The van der Waals surface area contributed by atoms with Crippen molar-refractivity contribution < 1.29 is 0 Å². The van der Waals surface area contributed by atoms with E-state index in [2.05, 4.69) is 28.6 Å². The minimum absolute atomic E-state index is 0.867. The second kappa shape index (κ2) is 3.73. The smallest absolute Gasteiger partial charge is 0.0773 e. The zero-order valence-corrected chi connectivity index (χ0v) is 7.20. The van der Waals surface area contributed by atoms with Gasteiger partial charge in [0.15, 0.2) is 0 Å². The van der Waals surface area contributed by atoms with E-state index in [9.17, 15) is 0 Å². The number of allylic oxidation sites excluding steroid dienone is 1. The summed E-state index contributed by atoms with van der Waals surface area (Å²) in [5.74, 6) is 0. The van der Waals surface area contributed by atoms with Gasteiger partial charge in [-0.05, 0) is 5.56 Å². The van der Waals surface area contributed by atoms with Crippen molar-refractivity contribution in [1.29, 1.82) is 0 Å². The molecule has 1 nitrogen and oxygen atoms in total. The summed E-state index contributed by atoms with van der Waals surface area (Å²) < 4.78 is 0. The monoisotopic (exact) mass is 167 g/mol. The van der Waals surface area contributed by atoms with E-state index in [1.165, 1.54) is 5.56 Å². The van der Waals surface area contributed by atoms with Gasteiger partial charge in [-0.2, -0.15) is 0 Å². The Morgan fingerprint density at radius 3 is 2.62 bits per heavy atom. The average molecular weight is 167 g/mol. The third-order valence-corrected chi connectivity index (χ3v) is 1.85. The molecule has 1 heterocycles. The first-order valence-electron chi connectivity index (χ1n) is 4.22. The maximum absolute atomic E-state index is 4.19. The quantitative estimate of drug-likeness (QED) is 0.600. The molecule has 0 unspecified atom stereocenters. The van der Waals surface area contributed by atoms with Crippen LogP contribution in [-0.2, 0) is 6.42 Å². The van der Waals surface area contributed by atoms with Gasteiger partial charge in [0.2, 0.25) is 0 Å². The number of aliphatic imine (C=N–C) groups is 1. The topological polar surface area (TPSA) is 12.4 Å². The van der Waals surface area contributed by atoms with Crippen molar-refractivity contribution in [2.24, 2.45) is 4.99 Å². The molecule has 0 N–H and O–H groups in total. The predicted octanol–water partition coefficient (Wildman–Crippen LogP) is 2.51. The zero-order valence-electron chi connectivity index (χ0n) is 7.20. The van der Waals surface area contributed by atoms with Gasteiger partial charge >= 0.3 is 0 Å². The largest absolute Gasteiger partial charge is 0.251 e. The standard InChI is InChI=1S/C12H9N/c1-2-6-11(7-3-1)10-12-8-4-5-9-13-12/h1-3,6-9H,10H2. The van der Waals surface area contributed by atoms with Crippen LogP contribution < -0.4 is 0 Å². The molecule has 0 aliphatic carbocycles. The van der Waals surface area contributed by atoms with Crippen LogP contribution in [0, 0.1) is 0 Å². The summed E-state index contributed by atoms with van der Waals surface area (Å²) in [4.78, 5) is 4.19. The fraction of sp³-hybridized carbons (Fsp3) is 0.0833. The maximum atomic E-state index is 4.19. The third kappa shape index (κ3) is 2.07. The highest BCUT2D eigenvalue weighted by atomic mass is 14.7. The van der Waals surface area contributed by atoms with Gasteiger partial charge in [-0.25, -0.2) is 0 Å². The van der Waals surface area contributed by atoms with Gasteiger partial charge < -0.3 is 0 Å². The molecule has 0 atom stereocenters. The Morgan fingerprint density at radius 1 is 1.08 bits per heavy atom. The number of hydrogen-bond donors (Lipinski definition) is 0. The molecule has 1 aliphatic rings. The summed E-state index contributed by atoms with van der Waals surface area (Å²) in [6, 6.07) is 10.3. The molecular weight excluding hydrogens is 158 g/mol. The Labute approximate surface area is 77.4 Å². The van der Waals surface area contributed by atoms with Gasteiger partial charge in [-0.15, -0.1) is 0 Å². The Morgan fingerprint density at radius 2 is 1.92 bits per heavy atom. The van der Waals surface area contributed by atoms with Gasteiger partial charge in [-0.3, -0.25) is 4.99 Å². The van der Waals surface area contributed by atoms with Crippen LogP contribution in [0.2, 0.25) is 0 Å². The molecule has 1 heteroatoms. The summed E-state index contributed by atoms with van der Waals surface area (Å²) >= 11 is 0. The summed E-state index contributed by atoms with van der Waals surface area (Å²) in [7, 11) is 0. The van der Waals surface area contributed by atoms with Crippen LogP contribution in [0.3, 0.4) is 0 Å². The second-order valence-corrected chi connectivity index (χ2v) is 2.84. The molecule has 0 amide bonds. The van der Waals surface area contributed by atoms with Crippen LogP contribution in [-0.4, -0.2) is 5.71 Å². The SMILES string of the molecule is C1=C=CC(Cc2ccccc2)=NC=1. The maximum Gasteiger partial charge on any atom is 0.0773 e. The highest BCUT2D eigenvalue weighted by Gasteiger charge is 1.96. The van der Waals surface area contributed by atoms with E-state index >= 15 is 0 Å². The molecule has 0 fully saturated rings. The van der Waals surface area contributed by atoms with E-state index < -0.39 is 0 Å². The highest BCUT2D eigenvalue weighted by molar-refractivity contribution is 5.97. The molecule has 0 bridgehead atoms. The molecule has 0 spiro atoms. The Bertz CT molecular complexity index is 414. The van der Waals surface area contributed by atoms with Crippen LogP contribution in [0.15, 0.2) is 59.1 Å². The molecule has 0 saturated heterocycles. The lowest BCUT2D eigenvalue weighted by atomic mass is 10.1. The van der Waals surface area contributed by atoms with Gasteiger partial charge in [-0.1, -0.05) is 41.8 Å². The van der Waals surface area contributed by atoms with Gasteiger partial charge in [0.1, 0.15) is 0 Å². The van der Waals surface area contributed by atoms with Crippen molar-refractivity contribution in [2.75, 3.05) is 0 Å². The molecule has 1 aliphatic heterocycles. The van der Waals surface area contributed by atoms with E-state index in [1.807, 2.05) is 24.3 Å². The molecule has 62 valence electrons. The van der Waals surface area contributed by atoms with E-state index in [0.29, 0.717) is 0 Å². The third-order valence-electron chi connectivity index (χ3n) is 1.85. The van der Waals surface area contributed by atoms with Gasteiger partial charge in [0, 0.05) is 12.5 Å². The molecule has 0 radical (unpaired) electrons. The van der Waals surface area contributed by atoms with E-state index in [0.717, 1.165) is 12.1 Å². The summed E-state index contributed by atoms with van der Waals surface area (Å²) in [5, 5.41) is 0. The lowest BCUT2D eigenvalue weighted by molar-refractivity contribution is 1.31. The summed E-state index contributed by atoms with van der Waals surface area (Å²) in [6.45, 7) is 0. The van der Waals surface area contributed by atoms with Crippen LogP contribution in [0.1, 0.15) is 5.56 Å². The highest BCUT2D eigenvalue weighted by Crippen LogP contribution is 2.02. The minimum atomic E-state index is 0.867. The fourth-order valence-electron chi connectivity index (χ4n) is 1.22. The number of benzene rings is 1. The van der Waals surface area contributed by atoms with Crippen molar-refractivity contribution >= 4 is 5.71 Å². The molecular formula is C12H9N. The Balaban J connectivity index is 2.13. The van der Waals surface area contributed by atoms with Crippen molar-refractivity contribution in [3.63, 3.8) is 0 Å². The predicted molar refractivity (Wildman–Crippen MR) is 53.7 cm³/mol. The van der Waals surface area contributed by atoms with E-state index in [1.54, 1.807) is 6.20 Å². The molecule has 13 heavy (non-hydrogen) atoms. The van der Waals surface area contributed by atoms with E-state index in [4.69, 9.17) is 0 Å². The zero-order chi connectivity index (χ0) is 8.93. The number of hydrogen-bond acceptors (Lipinski definition) is 1. The van der Waals surface area contributed by atoms with E-state index in [-0.39, 0.29) is 0 Å². The van der Waals surface area contributed by atoms with Crippen LogP contribution in [0.5, 0.6) is 0 Å². The number of nitrogens with zero attached hydrogens (tertiary/aromatic N) is 1. The molecule has 1 aromatic carbocycles. The molecule has 1 aromatic rings. The van der Waals surface area contributed by atoms with Crippen molar-refractivity contribution in [3.8, 4) is 0 Å². The lowest BCUT2D eigenvalue weighted by Crippen LogP contribution is -1.98. The average Bonchev–Trinajstić information content (AvgIpc) is 2.21.